The molecule has 0 atom stereocenters. The van der Waals surface area contributed by atoms with E-state index in [2.05, 4.69) is 19.2 Å². The third-order valence-electron chi connectivity index (χ3n) is 5.00. The molecular weight excluding hydrogens is 288 g/mol. The van der Waals surface area contributed by atoms with Crippen LogP contribution in [-0.4, -0.2) is 50.5 Å². The Balaban J connectivity index is 1.71. The van der Waals surface area contributed by atoms with E-state index in [-0.39, 0.29) is 23.7 Å². The lowest BCUT2D eigenvalue weighted by molar-refractivity contribution is 0.0415. The Labute approximate surface area is 128 Å². The van der Waals surface area contributed by atoms with Gasteiger partial charge in [-0.15, -0.1) is 0 Å². The van der Waals surface area contributed by atoms with Crippen LogP contribution in [0.5, 0.6) is 0 Å². The Kier molecular flexibility index (Phi) is 4.85. The normalized spacial score (nSPS) is 28.8. The fraction of sp³-hybridized carbons (Fsp3) is 0.933. The van der Waals surface area contributed by atoms with Gasteiger partial charge in [-0.25, -0.2) is 13.2 Å². The van der Waals surface area contributed by atoms with Gasteiger partial charge in [-0.1, -0.05) is 13.8 Å². The summed E-state index contributed by atoms with van der Waals surface area (Å²) >= 11 is 0. The highest BCUT2D eigenvalue weighted by atomic mass is 32.2. The van der Waals surface area contributed by atoms with Crippen LogP contribution in [0.4, 0.5) is 4.79 Å². The molecule has 0 aromatic carbocycles. The molecule has 2 aliphatic rings. The zero-order chi connectivity index (χ0) is 15.7. The summed E-state index contributed by atoms with van der Waals surface area (Å²) in [5, 5.41) is 3.10. The van der Waals surface area contributed by atoms with E-state index in [4.69, 9.17) is 0 Å². The van der Waals surface area contributed by atoms with E-state index in [1.54, 1.807) is 0 Å². The minimum Gasteiger partial charge on any atom is -0.335 e. The molecule has 5 nitrogen and oxygen atoms in total. The van der Waals surface area contributed by atoms with Crippen molar-refractivity contribution in [1.82, 2.24) is 10.2 Å². The van der Waals surface area contributed by atoms with E-state index >= 15 is 0 Å². The Morgan fingerprint density at radius 2 is 1.81 bits per heavy atom. The molecule has 1 saturated heterocycles. The zero-order valence-corrected chi connectivity index (χ0v) is 14.2. The molecule has 122 valence electrons. The Hall–Kier alpha value is -0.780. The molecule has 0 aromatic heterocycles. The number of nitrogens with zero attached hydrogens (tertiary/aromatic N) is 1. The first-order chi connectivity index (χ1) is 9.71. The molecule has 0 unspecified atom stereocenters. The Bertz CT molecular complexity index is 475. The predicted octanol–water partition coefficient (Wildman–Crippen LogP) is 2.03. The van der Waals surface area contributed by atoms with Gasteiger partial charge in [0.25, 0.3) is 0 Å². The van der Waals surface area contributed by atoms with Crippen LogP contribution in [-0.2, 0) is 9.84 Å². The van der Waals surface area contributed by atoms with E-state index in [9.17, 15) is 13.2 Å². The highest BCUT2D eigenvalue weighted by Gasteiger charge is 2.40. The molecule has 2 rings (SSSR count). The number of rotatable bonds is 4. The number of nitrogens with one attached hydrogen (secondary N) is 1. The van der Waals surface area contributed by atoms with Gasteiger partial charge in [-0.05, 0) is 38.0 Å². The molecule has 1 N–H and O–H groups in total. The van der Waals surface area contributed by atoms with Crippen molar-refractivity contribution in [3.8, 4) is 0 Å². The van der Waals surface area contributed by atoms with E-state index < -0.39 is 9.84 Å². The highest BCUT2D eigenvalue weighted by Crippen LogP contribution is 2.33. The van der Waals surface area contributed by atoms with Gasteiger partial charge in [0.2, 0.25) is 0 Å². The number of hydrogen-bond acceptors (Lipinski definition) is 3. The van der Waals surface area contributed by atoms with Crippen LogP contribution in [0.2, 0.25) is 0 Å². The van der Waals surface area contributed by atoms with Crippen LogP contribution in [0, 0.1) is 11.3 Å². The molecular formula is C15H28N2O3S. The second-order valence-electron chi connectivity index (χ2n) is 7.28. The minimum absolute atomic E-state index is 0.0486. The molecule has 0 aromatic rings. The van der Waals surface area contributed by atoms with Crippen LogP contribution in [0.25, 0.3) is 0 Å². The van der Waals surface area contributed by atoms with Crippen LogP contribution in [0.3, 0.4) is 0 Å². The Morgan fingerprint density at radius 1 is 1.24 bits per heavy atom. The number of hydrogen-bond donors (Lipinski definition) is 1. The standard InChI is InChI=1S/C15H28N2O3S/c1-4-15(2)10-17(11-15)14(18)16-13-7-5-12(6-8-13)9-21(3,19)20/h12-13H,4-11H2,1-3H3,(H,16,18). The third kappa shape index (κ3) is 4.59. The number of likely N-dealkylation sites (tertiary alicyclic amines) is 1. The lowest BCUT2D eigenvalue weighted by Gasteiger charge is -2.48. The average Bonchev–Trinajstić information content (AvgIpc) is 2.35. The summed E-state index contributed by atoms with van der Waals surface area (Å²) < 4.78 is 22.6. The predicted molar refractivity (Wildman–Crippen MR) is 84.0 cm³/mol. The van der Waals surface area contributed by atoms with Crippen LogP contribution < -0.4 is 5.32 Å². The average molecular weight is 316 g/mol. The quantitative estimate of drug-likeness (QED) is 0.863. The summed E-state index contributed by atoms with van der Waals surface area (Å²) in [5.74, 6) is 0.551. The van der Waals surface area contributed by atoms with Crippen molar-refractivity contribution in [1.29, 1.82) is 0 Å². The molecule has 1 aliphatic carbocycles. The van der Waals surface area contributed by atoms with E-state index in [0.717, 1.165) is 45.2 Å². The third-order valence-corrected chi connectivity index (χ3v) is 6.08. The number of carbonyl (C=O) groups is 1. The van der Waals surface area contributed by atoms with Crippen molar-refractivity contribution in [3.05, 3.63) is 0 Å². The summed E-state index contributed by atoms with van der Waals surface area (Å²) in [6.45, 7) is 6.07. The van der Waals surface area contributed by atoms with E-state index in [0.29, 0.717) is 5.41 Å². The first-order valence-electron chi connectivity index (χ1n) is 7.94. The van der Waals surface area contributed by atoms with Crippen molar-refractivity contribution in [2.24, 2.45) is 11.3 Å². The van der Waals surface area contributed by atoms with Gasteiger partial charge in [0.05, 0.1) is 5.75 Å². The van der Waals surface area contributed by atoms with Gasteiger partial charge in [0.15, 0.2) is 0 Å². The molecule has 0 radical (unpaired) electrons. The van der Waals surface area contributed by atoms with Crippen molar-refractivity contribution >= 4 is 15.9 Å². The number of sulfone groups is 1. The number of carbonyl (C=O) groups excluding carboxylic acids is 1. The maximum Gasteiger partial charge on any atom is 0.317 e. The summed E-state index contributed by atoms with van der Waals surface area (Å²) in [4.78, 5) is 14.0. The van der Waals surface area contributed by atoms with Crippen molar-refractivity contribution in [2.75, 3.05) is 25.1 Å². The maximum absolute atomic E-state index is 12.1. The van der Waals surface area contributed by atoms with Crippen molar-refractivity contribution in [3.63, 3.8) is 0 Å². The lowest BCUT2D eigenvalue weighted by Crippen LogP contribution is -2.60. The van der Waals surface area contributed by atoms with Gasteiger partial charge in [0.1, 0.15) is 9.84 Å². The van der Waals surface area contributed by atoms with Crippen molar-refractivity contribution in [2.45, 2.75) is 52.0 Å². The second kappa shape index (κ2) is 6.15. The first kappa shape index (κ1) is 16.6. The molecule has 6 heteroatoms. The number of urea groups is 1. The van der Waals surface area contributed by atoms with Gasteiger partial charge in [-0.3, -0.25) is 0 Å². The second-order valence-corrected chi connectivity index (χ2v) is 9.46. The van der Waals surface area contributed by atoms with Gasteiger partial charge in [0, 0.05) is 30.8 Å². The molecule has 0 bridgehead atoms. The van der Waals surface area contributed by atoms with Gasteiger partial charge in [-0.2, -0.15) is 0 Å². The largest absolute Gasteiger partial charge is 0.335 e. The Morgan fingerprint density at radius 3 is 2.29 bits per heavy atom. The SMILES string of the molecule is CCC1(C)CN(C(=O)NC2CCC(CS(C)(=O)=O)CC2)C1. The van der Waals surface area contributed by atoms with Gasteiger partial charge >= 0.3 is 6.03 Å². The smallest absolute Gasteiger partial charge is 0.317 e. The fourth-order valence-corrected chi connectivity index (χ4v) is 4.60. The molecule has 2 amide bonds. The lowest BCUT2D eigenvalue weighted by atomic mass is 9.80. The maximum atomic E-state index is 12.1. The fourth-order valence-electron chi connectivity index (χ4n) is 3.41. The molecule has 2 fully saturated rings. The van der Waals surface area contributed by atoms with Gasteiger partial charge < -0.3 is 10.2 Å². The van der Waals surface area contributed by atoms with Crippen LogP contribution >= 0.6 is 0 Å². The number of amides is 2. The van der Waals surface area contributed by atoms with E-state index in [1.807, 2.05) is 4.90 Å². The molecule has 1 heterocycles. The van der Waals surface area contributed by atoms with Crippen molar-refractivity contribution < 1.29 is 13.2 Å². The first-order valence-corrected chi connectivity index (χ1v) is 10.00. The molecule has 1 saturated carbocycles. The molecule has 21 heavy (non-hydrogen) atoms. The van der Waals surface area contributed by atoms with E-state index in [1.165, 1.54) is 6.26 Å². The van der Waals surface area contributed by atoms with Crippen LogP contribution in [0.1, 0.15) is 46.0 Å². The monoisotopic (exact) mass is 316 g/mol. The summed E-state index contributed by atoms with van der Waals surface area (Å²) in [7, 11) is -2.88. The minimum atomic E-state index is -2.88. The molecule has 0 spiro atoms. The van der Waals surface area contributed by atoms with Crippen LogP contribution in [0.15, 0.2) is 0 Å². The summed E-state index contributed by atoms with van der Waals surface area (Å²) in [5.41, 5.74) is 0.296. The zero-order valence-electron chi connectivity index (χ0n) is 13.4. The summed E-state index contributed by atoms with van der Waals surface area (Å²) in [6.07, 6.45) is 5.98. The molecule has 1 aliphatic heterocycles. The highest BCUT2D eigenvalue weighted by molar-refractivity contribution is 7.90. The summed E-state index contributed by atoms with van der Waals surface area (Å²) in [6, 6.07) is 0.259. The topological polar surface area (TPSA) is 66.5 Å².